The Balaban J connectivity index is 1.61. The zero-order valence-electron chi connectivity index (χ0n) is 16.3. The van der Waals surface area contributed by atoms with Gasteiger partial charge >= 0.3 is 0 Å². The summed E-state index contributed by atoms with van der Waals surface area (Å²) in [7, 11) is -2.11. The van der Waals surface area contributed by atoms with Crippen molar-refractivity contribution in [3.05, 3.63) is 65.7 Å². The molecule has 1 N–H and O–H groups in total. The minimum absolute atomic E-state index is 0.00810. The van der Waals surface area contributed by atoms with Gasteiger partial charge in [0, 0.05) is 43.9 Å². The van der Waals surface area contributed by atoms with Crippen molar-refractivity contribution in [3.8, 4) is 0 Å². The SMILES string of the molecule is CCc1oc2ccccc2c1CN(C)C(=O)CCNS(=O)(=O)c1ccc(F)cc1. The number of hydrogen-bond donors (Lipinski definition) is 1. The molecule has 1 heterocycles. The largest absolute Gasteiger partial charge is 0.461 e. The van der Waals surface area contributed by atoms with Crippen molar-refractivity contribution in [2.24, 2.45) is 0 Å². The molecule has 2 aromatic carbocycles. The van der Waals surface area contributed by atoms with Crippen LogP contribution in [0.3, 0.4) is 0 Å². The van der Waals surface area contributed by atoms with Crippen LogP contribution < -0.4 is 4.72 Å². The number of nitrogens with zero attached hydrogens (tertiary/aromatic N) is 1. The number of para-hydroxylation sites is 1. The molecule has 6 nitrogen and oxygen atoms in total. The molecule has 1 aromatic heterocycles. The average molecular weight is 418 g/mol. The van der Waals surface area contributed by atoms with E-state index in [0.717, 1.165) is 34.4 Å². The molecule has 0 radical (unpaired) electrons. The quantitative estimate of drug-likeness (QED) is 0.608. The molecule has 0 spiro atoms. The van der Waals surface area contributed by atoms with Gasteiger partial charge in [0.2, 0.25) is 15.9 Å². The van der Waals surface area contributed by atoms with E-state index in [-0.39, 0.29) is 23.8 Å². The predicted octanol–water partition coefficient (Wildman–Crippen LogP) is 3.46. The van der Waals surface area contributed by atoms with Crippen molar-refractivity contribution in [1.82, 2.24) is 9.62 Å². The highest BCUT2D eigenvalue weighted by atomic mass is 32.2. The molecule has 0 saturated carbocycles. The monoisotopic (exact) mass is 418 g/mol. The summed E-state index contributed by atoms with van der Waals surface area (Å²) in [5.74, 6) is 0.126. The van der Waals surface area contributed by atoms with Crippen LogP contribution in [0.5, 0.6) is 0 Å². The van der Waals surface area contributed by atoms with E-state index in [1.165, 1.54) is 12.1 Å². The topological polar surface area (TPSA) is 79.6 Å². The van der Waals surface area contributed by atoms with Gasteiger partial charge in [0.05, 0.1) is 4.90 Å². The highest BCUT2D eigenvalue weighted by molar-refractivity contribution is 7.89. The molecule has 29 heavy (non-hydrogen) atoms. The molecule has 0 aliphatic rings. The Labute approximate surface area is 169 Å². The highest BCUT2D eigenvalue weighted by Crippen LogP contribution is 2.27. The fourth-order valence-electron chi connectivity index (χ4n) is 3.11. The Hall–Kier alpha value is -2.71. The van der Waals surface area contributed by atoms with Crippen LogP contribution in [0.15, 0.2) is 57.8 Å². The Kier molecular flexibility index (Phi) is 6.34. The van der Waals surface area contributed by atoms with Gasteiger partial charge in [-0.25, -0.2) is 17.5 Å². The molecule has 1 amide bonds. The van der Waals surface area contributed by atoms with Crippen LogP contribution in [0.1, 0.15) is 24.7 Å². The summed E-state index contributed by atoms with van der Waals surface area (Å²) in [5, 5.41) is 0.973. The number of hydrogen-bond acceptors (Lipinski definition) is 4. The van der Waals surface area contributed by atoms with Gasteiger partial charge in [0.25, 0.3) is 0 Å². The summed E-state index contributed by atoms with van der Waals surface area (Å²) in [6, 6.07) is 12.2. The Morgan fingerprint density at radius 3 is 2.52 bits per heavy atom. The van der Waals surface area contributed by atoms with E-state index in [4.69, 9.17) is 4.42 Å². The number of fused-ring (bicyclic) bond motifs is 1. The van der Waals surface area contributed by atoms with Gasteiger partial charge in [0.15, 0.2) is 0 Å². The lowest BCUT2D eigenvalue weighted by atomic mass is 10.1. The number of nitrogens with one attached hydrogen (secondary N) is 1. The minimum atomic E-state index is -3.79. The van der Waals surface area contributed by atoms with Gasteiger partial charge in [-0.3, -0.25) is 4.79 Å². The molecule has 0 aliphatic carbocycles. The Morgan fingerprint density at radius 2 is 1.83 bits per heavy atom. The number of halogens is 1. The number of benzene rings is 2. The van der Waals surface area contributed by atoms with Crippen molar-refractivity contribution in [1.29, 1.82) is 0 Å². The second-order valence-electron chi connectivity index (χ2n) is 6.70. The van der Waals surface area contributed by atoms with E-state index in [9.17, 15) is 17.6 Å². The lowest BCUT2D eigenvalue weighted by Crippen LogP contribution is -2.32. The summed E-state index contributed by atoms with van der Waals surface area (Å²) in [4.78, 5) is 14.0. The molecule has 154 valence electrons. The minimum Gasteiger partial charge on any atom is -0.461 e. The lowest BCUT2D eigenvalue weighted by molar-refractivity contribution is -0.130. The first-order valence-corrected chi connectivity index (χ1v) is 10.8. The molecule has 0 atom stereocenters. The van der Waals surface area contributed by atoms with Gasteiger partial charge in [0.1, 0.15) is 17.2 Å². The van der Waals surface area contributed by atoms with E-state index >= 15 is 0 Å². The first-order valence-electron chi connectivity index (χ1n) is 9.30. The van der Waals surface area contributed by atoms with E-state index in [1.54, 1.807) is 11.9 Å². The van der Waals surface area contributed by atoms with Gasteiger partial charge in [-0.1, -0.05) is 25.1 Å². The van der Waals surface area contributed by atoms with Crippen molar-refractivity contribution in [2.75, 3.05) is 13.6 Å². The third-order valence-electron chi connectivity index (χ3n) is 4.68. The van der Waals surface area contributed by atoms with Crippen LogP contribution in [0.2, 0.25) is 0 Å². The summed E-state index contributed by atoms with van der Waals surface area (Å²) in [6.45, 7) is 2.33. The summed E-state index contributed by atoms with van der Waals surface area (Å²) < 4.78 is 45.6. The molecule has 8 heteroatoms. The van der Waals surface area contributed by atoms with Crippen molar-refractivity contribution in [3.63, 3.8) is 0 Å². The van der Waals surface area contributed by atoms with Gasteiger partial charge in [-0.15, -0.1) is 0 Å². The zero-order valence-corrected chi connectivity index (χ0v) is 17.1. The number of amides is 1. The first-order chi connectivity index (χ1) is 13.8. The zero-order chi connectivity index (χ0) is 21.0. The second-order valence-corrected chi connectivity index (χ2v) is 8.47. The average Bonchev–Trinajstić information content (AvgIpc) is 3.05. The van der Waals surface area contributed by atoms with E-state index in [0.29, 0.717) is 13.0 Å². The molecule has 0 fully saturated rings. The number of aryl methyl sites for hydroxylation is 1. The van der Waals surface area contributed by atoms with Crippen molar-refractivity contribution < 1.29 is 22.0 Å². The first kappa shape index (κ1) is 21.0. The molecule has 0 aliphatic heterocycles. The fourth-order valence-corrected chi connectivity index (χ4v) is 4.15. The maximum absolute atomic E-state index is 13.0. The smallest absolute Gasteiger partial charge is 0.240 e. The highest BCUT2D eigenvalue weighted by Gasteiger charge is 2.18. The van der Waals surface area contributed by atoms with Crippen LogP contribution in [-0.2, 0) is 27.8 Å². The summed E-state index contributed by atoms with van der Waals surface area (Å²) >= 11 is 0. The lowest BCUT2D eigenvalue weighted by Gasteiger charge is -2.17. The fraction of sp³-hybridized carbons (Fsp3) is 0.286. The maximum atomic E-state index is 13.0. The molecule has 0 saturated heterocycles. The summed E-state index contributed by atoms with van der Waals surface area (Å²) in [5.41, 5.74) is 1.75. The molecule has 3 rings (SSSR count). The maximum Gasteiger partial charge on any atom is 0.240 e. The van der Waals surface area contributed by atoms with Crippen molar-refractivity contribution in [2.45, 2.75) is 31.2 Å². The number of sulfonamides is 1. The van der Waals surface area contributed by atoms with Crippen LogP contribution in [0.4, 0.5) is 4.39 Å². The molecule has 3 aromatic rings. The van der Waals surface area contributed by atoms with Crippen molar-refractivity contribution >= 4 is 26.9 Å². The Morgan fingerprint density at radius 1 is 1.14 bits per heavy atom. The molecular weight excluding hydrogens is 395 g/mol. The molecular formula is C21H23FN2O4S. The van der Waals surface area contributed by atoms with Crippen LogP contribution in [-0.4, -0.2) is 32.8 Å². The second kappa shape index (κ2) is 8.75. The standard InChI is InChI=1S/C21H23FN2O4S/c1-3-19-18(17-6-4-5-7-20(17)28-19)14-24(2)21(25)12-13-23-29(26,27)16-10-8-15(22)9-11-16/h4-11,23H,3,12-14H2,1-2H3. The van der Waals surface area contributed by atoms with E-state index in [1.807, 2.05) is 31.2 Å². The molecule has 0 unspecified atom stereocenters. The number of carbonyl (C=O) groups is 1. The van der Waals surface area contributed by atoms with Gasteiger partial charge in [-0.05, 0) is 30.3 Å². The normalized spacial score (nSPS) is 11.7. The number of carbonyl (C=O) groups excluding carboxylic acids is 1. The van der Waals surface area contributed by atoms with Gasteiger partial charge < -0.3 is 9.32 Å². The number of rotatable bonds is 8. The third-order valence-corrected chi connectivity index (χ3v) is 6.16. The number of furan rings is 1. The third kappa shape index (κ3) is 4.83. The molecule has 0 bridgehead atoms. The van der Waals surface area contributed by atoms with Gasteiger partial charge in [-0.2, -0.15) is 0 Å². The van der Waals surface area contributed by atoms with E-state index in [2.05, 4.69) is 4.72 Å². The summed E-state index contributed by atoms with van der Waals surface area (Å²) in [6.07, 6.45) is 0.720. The van der Waals surface area contributed by atoms with E-state index < -0.39 is 15.8 Å². The van der Waals surface area contributed by atoms with Crippen LogP contribution in [0, 0.1) is 5.82 Å². The van der Waals surface area contributed by atoms with Crippen LogP contribution in [0.25, 0.3) is 11.0 Å². The van der Waals surface area contributed by atoms with Crippen LogP contribution >= 0.6 is 0 Å². The predicted molar refractivity (Wildman–Crippen MR) is 108 cm³/mol. The Bertz CT molecular complexity index is 1110.